The summed E-state index contributed by atoms with van der Waals surface area (Å²) in [6, 6.07) is 0. The monoisotopic (exact) mass is 233 g/mol. The molecule has 1 N–H and O–H groups in total. The fraction of sp³-hybridized carbons (Fsp3) is 0.909. The van der Waals surface area contributed by atoms with Crippen LogP contribution in [0.25, 0.3) is 0 Å². The van der Waals surface area contributed by atoms with Gasteiger partial charge in [0.2, 0.25) is 5.91 Å². The molecule has 0 atom stereocenters. The lowest BCUT2D eigenvalue weighted by Gasteiger charge is -2.25. The average Bonchev–Trinajstić information content (AvgIpc) is 2.09. The summed E-state index contributed by atoms with van der Waals surface area (Å²) in [7, 11) is 1.74. The average molecular weight is 233 g/mol. The molecule has 0 unspecified atom stereocenters. The largest absolute Gasteiger partial charge is 0.389 e. The Morgan fingerprint density at radius 2 is 2.07 bits per heavy atom. The maximum absolute atomic E-state index is 11.6. The molecule has 0 bridgehead atoms. The molecule has 0 saturated carbocycles. The number of thioether (sulfide) groups is 1. The van der Waals surface area contributed by atoms with Crippen molar-refractivity contribution in [3.05, 3.63) is 0 Å². The van der Waals surface area contributed by atoms with Crippen molar-refractivity contribution in [3.63, 3.8) is 0 Å². The quantitative estimate of drug-likeness (QED) is 0.681. The van der Waals surface area contributed by atoms with Gasteiger partial charge in [-0.3, -0.25) is 4.79 Å². The van der Waals surface area contributed by atoms with Gasteiger partial charge in [0.1, 0.15) is 0 Å². The van der Waals surface area contributed by atoms with Crippen LogP contribution in [-0.2, 0) is 4.79 Å². The first kappa shape index (κ1) is 14.8. The molecule has 0 rings (SSSR count). The summed E-state index contributed by atoms with van der Waals surface area (Å²) in [5.41, 5.74) is -0.807. The molecular weight excluding hydrogens is 210 g/mol. The summed E-state index contributed by atoms with van der Waals surface area (Å²) in [6.45, 7) is 5.95. The predicted octanol–water partition coefficient (Wildman–Crippen LogP) is 1.75. The zero-order chi connectivity index (χ0) is 11.9. The summed E-state index contributed by atoms with van der Waals surface area (Å²) in [5, 5.41) is 9.55. The fourth-order valence-electron chi connectivity index (χ4n) is 1.18. The summed E-state index contributed by atoms with van der Waals surface area (Å²) >= 11 is 1.67. The van der Waals surface area contributed by atoms with Crippen LogP contribution < -0.4 is 0 Å². The molecule has 0 saturated heterocycles. The van der Waals surface area contributed by atoms with E-state index in [-0.39, 0.29) is 5.91 Å². The topological polar surface area (TPSA) is 40.5 Å². The molecule has 0 aromatic carbocycles. The van der Waals surface area contributed by atoms with Crippen molar-refractivity contribution < 1.29 is 9.90 Å². The molecule has 0 spiro atoms. The van der Waals surface area contributed by atoms with Gasteiger partial charge in [-0.2, -0.15) is 11.8 Å². The van der Waals surface area contributed by atoms with Gasteiger partial charge in [-0.05, 0) is 26.0 Å². The van der Waals surface area contributed by atoms with Gasteiger partial charge >= 0.3 is 0 Å². The van der Waals surface area contributed by atoms with Crippen molar-refractivity contribution in [2.24, 2.45) is 0 Å². The molecule has 3 nitrogen and oxygen atoms in total. The zero-order valence-electron chi connectivity index (χ0n) is 10.2. The maximum Gasteiger partial charge on any atom is 0.232 e. The normalized spacial score (nSPS) is 11.5. The molecule has 0 fully saturated rings. The third kappa shape index (κ3) is 8.75. The number of nitrogens with zero attached hydrogens (tertiary/aromatic N) is 1. The van der Waals surface area contributed by atoms with Crippen LogP contribution in [0, 0.1) is 0 Å². The Morgan fingerprint density at radius 1 is 1.47 bits per heavy atom. The lowest BCUT2D eigenvalue weighted by atomic mass is 10.1. The Bertz CT molecular complexity index is 190. The van der Waals surface area contributed by atoms with E-state index in [4.69, 9.17) is 0 Å². The van der Waals surface area contributed by atoms with E-state index in [9.17, 15) is 9.90 Å². The smallest absolute Gasteiger partial charge is 0.232 e. The van der Waals surface area contributed by atoms with Gasteiger partial charge in [-0.25, -0.2) is 0 Å². The summed E-state index contributed by atoms with van der Waals surface area (Å²) in [5.74, 6) is 1.66. The number of unbranched alkanes of at least 4 members (excludes halogenated alkanes) is 1. The molecule has 0 aliphatic heterocycles. The van der Waals surface area contributed by atoms with E-state index in [0.717, 1.165) is 12.2 Å². The summed E-state index contributed by atoms with van der Waals surface area (Å²) in [4.78, 5) is 13.2. The van der Waals surface area contributed by atoms with Gasteiger partial charge in [0, 0.05) is 13.6 Å². The predicted molar refractivity (Wildman–Crippen MR) is 66.2 cm³/mol. The second kappa shape index (κ2) is 7.12. The van der Waals surface area contributed by atoms with Crippen molar-refractivity contribution in [3.8, 4) is 0 Å². The minimum atomic E-state index is -0.807. The van der Waals surface area contributed by atoms with Crippen LogP contribution in [0.2, 0.25) is 0 Å². The third-order valence-corrected chi connectivity index (χ3v) is 2.95. The second-order valence-electron chi connectivity index (χ2n) is 4.47. The van der Waals surface area contributed by atoms with Crippen molar-refractivity contribution in [1.82, 2.24) is 4.90 Å². The molecule has 0 heterocycles. The number of aliphatic hydroxyl groups is 1. The van der Waals surface area contributed by atoms with Gasteiger partial charge in [-0.15, -0.1) is 0 Å². The van der Waals surface area contributed by atoms with Crippen LogP contribution in [0.1, 0.15) is 33.6 Å². The summed E-state index contributed by atoms with van der Waals surface area (Å²) < 4.78 is 0. The Hall–Kier alpha value is -0.220. The Kier molecular flexibility index (Phi) is 7.02. The molecule has 0 aromatic rings. The molecular formula is C11H23NO2S. The lowest BCUT2D eigenvalue weighted by molar-refractivity contribution is -0.129. The number of hydrogen-bond donors (Lipinski definition) is 1. The maximum atomic E-state index is 11.6. The summed E-state index contributed by atoms with van der Waals surface area (Å²) in [6.07, 6.45) is 2.33. The molecule has 0 aromatic heterocycles. The number of hydrogen-bond acceptors (Lipinski definition) is 3. The van der Waals surface area contributed by atoms with Crippen molar-refractivity contribution in [2.45, 2.75) is 39.2 Å². The third-order valence-electron chi connectivity index (χ3n) is 1.92. The highest BCUT2D eigenvalue weighted by molar-refractivity contribution is 7.99. The molecule has 0 aliphatic rings. The number of carbonyl (C=O) groups is 1. The van der Waals surface area contributed by atoms with Crippen LogP contribution in [0.4, 0.5) is 0 Å². The SMILES string of the molecule is CCCCSCC(=O)N(C)CC(C)(C)O. The second-order valence-corrected chi connectivity index (χ2v) is 5.57. The highest BCUT2D eigenvalue weighted by atomic mass is 32.2. The van der Waals surface area contributed by atoms with E-state index in [1.165, 1.54) is 6.42 Å². The van der Waals surface area contributed by atoms with Crippen LogP contribution in [0.5, 0.6) is 0 Å². The highest BCUT2D eigenvalue weighted by Gasteiger charge is 2.18. The van der Waals surface area contributed by atoms with E-state index < -0.39 is 5.60 Å². The van der Waals surface area contributed by atoms with Gasteiger partial charge in [0.05, 0.1) is 11.4 Å². The minimum absolute atomic E-state index is 0.0956. The van der Waals surface area contributed by atoms with E-state index in [1.54, 1.807) is 37.6 Å². The molecule has 0 aliphatic carbocycles. The first-order valence-corrected chi connectivity index (χ1v) is 6.56. The molecule has 0 radical (unpaired) electrons. The van der Waals surface area contributed by atoms with Crippen LogP contribution in [0.15, 0.2) is 0 Å². The van der Waals surface area contributed by atoms with Crippen LogP contribution in [0.3, 0.4) is 0 Å². The lowest BCUT2D eigenvalue weighted by Crippen LogP contribution is -2.40. The zero-order valence-corrected chi connectivity index (χ0v) is 11.1. The van der Waals surface area contributed by atoms with Gasteiger partial charge < -0.3 is 10.0 Å². The number of rotatable bonds is 7. The van der Waals surface area contributed by atoms with Gasteiger partial charge in [-0.1, -0.05) is 13.3 Å². The number of amides is 1. The molecule has 15 heavy (non-hydrogen) atoms. The van der Waals surface area contributed by atoms with Crippen LogP contribution in [-0.4, -0.2) is 46.6 Å². The van der Waals surface area contributed by atoms with Gasteiger partial charge in [0.25, 0.3) is 0 Å². The van der Waals surface area contributed by atoms with Crippen molar-refractivity contribution in [1.29, 1.82) is 0 Å². The Morgan fingerprint density at radius 3 is 2.53 bits per heavy atom. The van der Waals surface area contributed by atoms with Crippen molar-refractivity contribution in [2.75, 3.05) is 25.1 Å². The molecule has 90 valence electrons. The van der Waals surface area contributed by atoms with E-state index in [2.05, 4.69) is 6.92 Å². The van der Waals surface area contributed by atoms with E-state index in [0.29, 0.717) is 12.3 Å². The van der Waals surface area contributed by atoms with Gasteiger partial charge in [0.15, 0.2) is 0 Å². The first-order chi connectivity index (χ1) is 6.87. The Labute approximate surface area is 97.2 Å². The van der Waals surface area contributed by atoms with Crippen LogP contribution >= 0.6 is 11.8 Å². The number of likely N-dealkylation sites (N-methyl/N-ethyl adjacent to an activating group) is 1. The van der Waals surface area contributed by atoms with E-state index >= 15 is 0 Å². The fourth-order valence-corrected chi connectivity index (χ4v) is 2.22. The highest BCUT2D eigenvalue weighted by Crippen LogP contribution is 2.08. The van der Waals surface area contributed by atoms with Crippen molar-refractivity contribution >= 4 is 17.7 Å². The standard InChI is InChI=1S/C11H23NO2S/c1-5-6-7-15-8-10(13)12(4)9-11(2,3)14/h14H,5-9H2,1-4H3. The van der Waals surface area contributed by atoms with E-state index in [1.807, 2.05) is 0 Å². The molecule has 1 amide bonds. The molecule has 4 heteroatoms. The Balaban J connectivity index is 3.70. The first-order valence-electron chi connectivity index (χ1n) is 5.41. The number of carbonyl (C=O) groups excluding carboxylic acids is 1. The minimum Gasteiger partial charge on any atom is -0.389 e.